The number of nitrogens with two attached hydrogens (primary N) is 1. The molecule has 1 aromatic rings. The molecule has 0 aromatic heterocycles. The van der Waals surface area contributed by atoms with E-state index in [9.17, 15) is 9.90 Å². The molecular formula is C14H23N3O3. The number of aliphatic hydroxyl groups excluding tert-OH is 1. The second-order valence-electron chi connectivity index (χ2n) is 4.82. The number of ether oxygens (including phenoxy) is 1. The third-order valence-electron chi connectivity index (χ3n) is 2.87. The van der Waals surface area contributed by atoms with Crippen LogP contribution in [-0.4, -0.2) is 51.5 Å². The average Bonchev–Trinajstić information content (AvgIpc) is 2.38. The van der Waals surface area contributed by atoms with Gasteiger partial charge in [0.15, 0.2) is 0 Å². The highest BCUT2D eigenvalue weighted by Gasteiger charge is 2.13. The number of anilines is 2. The Bertz CT molecular complexity index is 449. The number of benzene rings is 1. The maximum absolute atomic E-state index is 12.2. The van der Waals surface area contributed by atoms with E-state index in [4.69, 9.17) is 10.5 Å². The van der Waals surface area contributed by atoms with Gasteiger partial charge in [-0.05, 0) is 24.6 Å². The number of nitrogen functional groups attached to an aromatic ring is 1. The minimum atomic E-state index is -0.575. The van der Waals surface area contributed by atoms with E-state index in [-0.39, 0.29) is 12.5 Å². The molecule has 112 valence electrons. The first-order valence-electron chi connectivity index (χ1n) is 6.47. The highest BCUT2D eigenvalue weighted by Crippen LogP contribution is 2.21. The van der Waals surface area contributed by atoms with Gasteiger partial charge in [-0.1, -0.05) is 0 Å². The normalized spacial score (nSPS) is 12.0. The van der Waals surface area contributed by atoms with Crippen LogP contribution >= 0.6 is 0 Å². The van der Waals surface area contributed by atoms with E-state index in [1.165, 1.54) is 7.11 Å². The lowest BCUT2D eigenvalue weighted by Crippen LogP contribution is -2.29. The van der Waals surface area contributed by atoms with E-state index in [0.29, 0.717) is 24.2 Å². The topological polar surface area (TPSA) is 87.8 Å². The van der Waals surface area contributed by atoms with Gasteiger partial charge in [0.1, 0.15) is 0 Å². The summed E-state index contributed by atoms with van der Waals surface area (Å²) in [6, 6.07) is 5.22. The third-order valence-corrected chi connectivity index (χ3v) is 2.87. The van der Waals surface area contributed by atoms with Gasteiger partial charge in [0.05, 0.1) is 18.3 Å². The fraction of sp³-hybridized carbons (Fsp3) is 0.500. The Hall–Kier alpha value is -1.79. The van der Waals surface area contributed by atoms with E-state index in [1.54, 1.807) is 12.1 Å². The number of amides is 1. The molecule has 0 heterocycles. The van der Waals surface area contributed by atoms with E-state index in [0.717, 1.165) is 5.69 Å². The van der Waals surface area contributed by atoms with Crippen molar-refractivity contribution in [1.82, 2.24) is 5.32 Å². The van der Waals surface area contributed by atoms with Crippen molar-refractivity contribution in [2.24, 2.45) is 0 Å². The summed E-state index contributed by atoms with van der Waals surface area (Å²) in [5, 5.41) is 12.3. The smallest absolute Gasteiger partial charge is 0.253 e. The van der Waals surface area contributed by atoms with Gasteiger partial charge in [-0.3, -0.25) is 4.79 Å². The van der Waals surface area contributed by atoms with Crippen LogP contribution in [-0.2, 0) is 4.74 Å². The molecule has 6 nitrogen and oxygen atoms in total. The molecule has 0 fully saturated rings. The average molecular weight is 281 g/mol. The van der Waals surface area contributed by atoms with Gasteiger partial charge < -0.3 is 25.8 Å². The van der Waals surface area contributed by atoms with Gasteiger partial charge in [-0.25, -0.2) is 0 Å². The number of carbonyl (C=O) groups excluding carboxylic acids is 1. The number of rotatable bonds is 7. The lowest BCUT2D eigenvalue weighted by atomic mass is 10.1. The summed E-state index contributed by atoms with van der Waals surface area (Å²) in [6.45, 7) is 0.641. The summed E-state index contributed by atoms with van der Waals surface area (Å²) in [4.78, 5) is 14.0. The van der Waals surface area contributed by atoms with Crippen molar-refractivity contribution in [1.29, 1.82) is 0 Å². The molecule has 1 amide bonds. The molecule has 0 spiro atoms. The number of methoxy groups -OCH3 is 1. The molecule has 1 rings (SSSR count). The van der Waals surface area contributed by atoms with Gasteiger partial charge in [-0.2, -0.15) is 0 Å². The van der Waals surface area contributed by atoms with Gasteiger partial charge in [-0.15, -0.1) is 0 Å². The first-order chi connectivity index (χ1) is 9.45. The van der Waals surface area contributed by atoms with Crippen molar-refractivity contribution in [2.75, 3.05) is 45.0 Å². The standard InChI is InChI=1S/C14H23N3O3/c1-17(2)13-5-4-10(15)8-12(13)14(19)16-7-6-11(18)9-20-3/h4-5,8,11,18H,6-7,9,15H2,1-3H3,(H,16,19). The third kappa shape index (κ3) is 4.71. The van der Waals surface area contributed by atoms with Crippen molar-refractivity contribution in [3.05, 3.63) is 23.8 Å². The molecular weight excluding hydrogens is 258 g/mol. The van der Waals surface area contributed by atoms with Crippen LogP contribution in [0.1, 0.15) is 16.8 Å². The first kappa shape index (κ1) is 16.3. The van der Waals surface area contributed by atoms with Gasteiger partial charge >= 0.3 is 0 Å². The summed E-state index contributed by atoms with van der Waals surface area (Å²) in [6.07, 6.45) is -0.131. The Kier molecular flexibility index (Phi) is 6.27. The maximum atomic E-state index is 12.2. The molecule has 6 heteroatoms. The van der Waals surface area contributed by atoms with Crippen LogP contribution in [0.15, 0.2) is 18.2 Å². The van der Waals surface area contributed by atoms with Crippen molar-refractivity contribution in [3.8, 4) is 0 Å². The first-order valence-corrected chi connectivity index (χ1v) is 6.47. The summed E-state index contributed by atoms with van der Waals surface area (Å²) in [5.74, 6) is -0.203. The van der Waals surface area contributed by atoms with Crippen molar-refractivity contribution < 1.29 is 14.6 Å². The Morgan fingerprint density at radius 3 is 2.80 bits per heavy atom. The minimum absolute atomic E-state index is 0.203. The highest BCUT2D eigenvalue weighted by atomic mass is 16.5. The molecule has 1 atom stereocenters. The molecule has 0 saturated carbocycles. The van der Waals surface area contributed by atoms with Crippen molar-refractivity contribution in [2.45, 2.75) is 12.5 Å². The van der Waals surface area contributed by atoms with E-state index >= 15 is 0 Å². The van der Waals surface area contributed by atoms with Gasteiger partial charge in [0, 0.05) is 39.1 Å². The Balaban J connectivity index is 2.65. The summed E-state index contributed by atoms with van der Waals surface area (Å²) in [7, 11) is 5.26. The number of nitrogens with one attached hydrogen (secondary N) is 1. The van der Waals surface area contributed by atoms with Gasteiger partial charge in [0.25, 0.3) is 5.91 Å². The lowest BCUT2D eigenvalue weighted by Gasteiger charge is -2.18. The fourth-order valence-electron chi connectivity index (χ4n) is 1.85. The Labute approximate surface area is 119 Å². The van der Waals surface area contributed by atoms with Crippen LogP contribution in [0.2, 0.25) is 0 Å². The van der Waals surface area contributed by atoms with Crippen LogP contribution in [0.25, 0.3) is 0 Å². The molecule has 0 aliphatic carbocycles. The van der Waals surface area contributed by atoms with Crippen LogP contribution in [0, 0.1) is 0 Å². The zero-order chi connectivity index (χ0) is 15.1. The molecule has 0 aliphatic heterocycles. The van der Waals surface area contributed by atoms with Crippen LogP contribution in [0.5, 0.6) is 0 Å². The highest BCUT2D eigenvalue weighted by molar-refractivity contribution is 6.00. The van der Waals surface area contributed by atoms with Crippen molar-refractivity contribution in [3.63, 3.8) is 0 Å². The Morgan fingerprint density at radius 1 is 1.50 bits per heavy atom. The summed E-state index contributed by atoms with van der Waals surface area (Å²) in [5.41, 5.74) is 7.59. The quantitative estimate of drug-likeness (QED) is 0.632. The predicted octanol–water partition coefficient (Wildman–Crippen LogP) is 0.462. The molecule has 4 N–H and O–H groups in total. The van der Waals surface area contributed by atoms with E-state index < -0.39 is 6.10 Å². The minimum Gasteiger partial charge on any atom is -0.399 e. The van der Waals surface area contributed by atoms with Crippen LogP contribution < -0.4 is 16.0 Å². The monoisotopic (exact) mass is 281 g/mol. The largest absolute Gasteiger partial charge is 0.399 e. The second-order valence-corrected chi connectivity index (χ2v) is 4.82. The number of carbonyl (C=O) groups is 1. The molecule has 20 heavy (non-hydrogen) atoms. The second kappa shape index (κ2) is 7.72. The Morgan fingerprint density at radius 2 is 2.20 bits per heavy atom. The summed E-state index contributed by atoms with van der Waals surface area (Å²) >= 11 is 0. The molecule has 1 aromatic carbocycles. The molecule has 0 aliphatic rings. The zero-order valence-corrected chi connectivity index (χ0v) is 12.2. The maximum Gasteiger partial charge on any atom is 0.253 e. The van der Waals surface area contributed by atoms with Crippen molar-refractivity contribution >= 4 is 17.3 Å². The molecule has 1 unspecified atom stereocenters. The van der Waals surface area contributed by atoms with E-state index in [2.05, 4.69) is 5.32 Å². The summed E-state index contributed by atoms with van der Waals surface area (Å²) < 4.78 is 4.83. The molecule has 0 bridgehead atoms. The molecule has 0 saturated heterocycles. The number of nitrogens with zero attached hydrogens (tertiary/aromatic N) is 1. The van der Waals surface area contributed by atoms with Gasteiger partial charge in [0.2, 0.25) is 0 Å². The van der Waals surface area contributed by atoms with E-state index in [1.807, 2.05) is 25.1 Å². The number of aliphatic hydroxyl groups is 1. The predicted molar refractivity (Wildman–Crippen MR) is 80.0 cm³/mol. The number of hydrogen-bond acceptors (Lipinski definition) is 5. The van der Waals surface area contributed by atoms with Crippen LogP contribution in [0.4, 0.5) is 11.4 Å². The fourth-order valence-corrected chi connectivity index (χ4v) is 1.85. The lowest BCUT2D eigenvalue weighted by molar-refractivity contribution is 0.0588. The number of hydrogen-bond donors (Lipinski definition) is 3. The zero-order valence-electron chi connectivity index (χ0n) is 12.2. The molecule has 0 radical (unpaired) electrons. The SMILES string of the molecule is COCC(O)CCNC(=O)c1cc(N)ccc1N(C)C. The van der Waals surface area contributed by atoms with Crippen LogP contribution in [0.3, 0.4) is 0 Å².